The quantitative estimate of drug-likeness (QED) is 0.892. The Morgan fingerprint density at radius 3 is 2.80 bits per heavy atom. The summed E-state index contributed by atoms with van der Waals surface area (Å²) in [6.07, 6.45) is 9.02. The van der Waals surface area contributed by atoms with Gasteiger partial charge in [-0.1, -0.05) is 44.2 Å². The molecule has 1 fully saturated rings. The number of benzene rings is 1. The summed E-state index contributed by atoms with van der Waals surface area (Å²) in [4.78, 5) is 4.42. The van der Waals surface area contributed by atoms with Crippen LogP contribution in [0, 0.1) is 5.92 Å². The van der Waals surface area contributed by atoms with Crippen molar-refractivity contribution in [2.45, 2.75) is 57.5 Å². The molecule has 1 unspecified atom stereocenters. The first-order chi connectivity index (χ1) is 9.81. The largest absolute Gasteiger partial charge is 0.441 e. The van der Waals surface area contributed by atoms with Gasteiger partial charge >= 0.3 is 0 Å². The number of fused-ring (bicyclic) bond motifs is 1. The van der Waals surface area contributed by atoms with E-state index in [2.05, 4.69) is 4.98 Å². The Hall–Kier alpha value is -1.35. The molecule has 20 heavy (non-hydrogen) atoms. The third-order valence-electron chi connectivity index (χ3n) is 4.38. The van der Waals surface area contributed by atoms with Crippen molar-refractivity contribution in [1.82, 2.24) is 4.98 Å². The molecule has 0 bridgehead atoms. The third kappa shape index (κ3) is 3.40. The van der Waals surface area contributed by atoms with Crippen molar-refractivity contribution < 1.29 is 9.52 Å². The summed E-state index contributed by atoms with van der Waals surface area (Å²) in [6.45, 7) is 0. The second-order valence-corrected chi connectivity index (χ2v) is 6.01. The molecule has 0 radical (unpaired) electrons. The number of nitrogens with zero attached hydrogens (tertiary/aromatic N) is 1. The lowest BCUT2D eigenvalue weighted by atomic mass is 9.85. The maximum Gasteiger partial charge on any atom is 0.198 e. The monoisotopic (exact) mass is 273 g/mol. The zero-order valence-electron chi connectivity index (χ0n) is 11.9. The minimum absolute atomic E-state index is 0.329. The van der Waals surface area contributed by atoms with Crippen LogP contribution in [0.2, 0.25) is 0 Å². The predicted molar refractivity (Wildman–Crippen MR) is 79.5 cm³/mol. The lowest BCUT2D eigenvalue weighted by Gasteiger charge is -2.22. The molecule has 2 aromatic rings. The van der Waals surface area contributed by atoms with E-state index in [9.17, 15) is 5.11 Å². The molecule has 3 heteroatoms. The maximum absolute atomic E-state index is 10.2. The molecule has 1 aliphatic rings. The number of aliphatic hydroxyl groups is 1. The smallest absolute Gasteiger partial charge is 0.198 e. The van der Waals surface area contributed by atoms with E-state index in [0.29, 0.717) is 12.3 Å². The molecule has 1 aromatic heterocycles. The summed E-state index contributed by atoms with van der Waals surface area (Å²) in [5.74, 6) is 1.48. The van der Waals surface area contributed by atoms with Crippen molar-refractivity contribution in [2.24, 2.45) is 5.92 Å². The van der Waals surface area contributed by atoms with E-state index in [-0.39, 0.29) is 6.10 Å². The van der Waals surface area contributed by atoms with Gasteiger partial charge in [-0.05, 0) is 30.9 Å². The van der Waals surface area contributed by atoms with Crippen LogP contribution in [0.25, 0.3) is 11.1 Å². The molecule has 3 nitrogen and oxygen atoms in total. The lowest BCUT2D eigenvalue weighted by molar-refractivity contribution is 0.142. The van der Waals surface area contributed by atoms with E-state index < -0.39 is 0 Å². The van der Waals surface area contributed by atoms with Gasteiger partial charge in [0.25, 0.3) is 0 Å². The topological polar surface area (TPSA) is 46.3 Å². The molecule has 0 amide bonds. The van der Waals surface area contributed by atoms with Crippen LogP contribution in [0.4, 0.5) is 0 Å². The van der Waals surface area contributed by atoms with Crippen molar-refractivity contribution >= 4 is 11.1 Å². The summed E-state index contributed by atoms with van der Waals surface area (Å²) < 4.78 is 5.66. The normalized spacial score (nSPS) is 18.4. The molecular formula is C17H23NO2. The van der Waals surface area contributed by atoms with Gasteiger partial charge < -0.3 is 9.52 Å². The van der Waals surface area contributed by atoms with E-state index in [1.807, 2.05) is 24.3 Å². The second-order valence-electron chi connectivity index (χ2n) is 6.01. The third-order valence-corrected chi connectivity index (χ3v) is 4.38. The minimum atomic E-state index is -0.329. The van der Waals surface area contributed by atoms with Crippen LogP contribution in [0.1, 0.15) is 50.8 Å². The number of para-hydroxylation sites is 2. The van der Waals surface area contributed by atoms with Crippen LogP contribution in [0.15, 0.2) is 28.7 Å². The summed E-state index contributed by atoms with van der Waals surface area (Å²) in [5.41, 5.74) is 1.68. The molecule has 1 atom stereocenters. The number of hydrogen-bond donors (Lipinski definition) is 1. The van der Waals surface area contributed by atoms with Gasteiger partial charge in [0.2, 0.25) is 0 Å². The minimum Gasteiger partial charge on any atom is -0.441 e. The molecule has 1 saturated carbocycles. The number of aliphatic hydroxyl groups excluding tert-OH is 1. The highest BCUT2D eigenvalue weighted by molar-refractivity contribution is 5.72. The fraction of sp³-hybridized carbons (Fsp3) is 0.588. The molecule has 0 spiro atoms. The summed E-state index contributed by atoms with van der Waals surface area (Å²) >= 11 is 0. The number of aromatic nitrogens is 1. The second kappa shape index (κ2) is 6.40. The van der Waals surface area contributed by atoms with Crippen molar-refractivity contribution in [3.05, 3.63) is 30.2 Å². The number of hydrogen-bond acceptors (Lipinski definition) is 3. The summed E-state index contributed by atoms with van der Waals surface area (Å²) in [7, 11) is 0. The Morgan fingerprint density at radius 2 is 2.00 bits per heavy atom. The van der Waals surface area contributed by atoms with Gasteiger partial charge in [0.05, 0.1) is 12.5 Å². The van der Waals surface area contributed by atoms with Gasteiger partial charge in [-0.3, -0.25) is 0 Å². The highest BCUT2D eigenvalue weighted by Crippen LogP contribution is 2.28. The molecule has 1 aliphatic carbocycles. The standard InChI is InChI=1S/C17H23NO2/c19-14(11-10-13-6-2-1-3-7-13)12-17-18-15-8-4-5-9-16(15)20-17/h4-5,8-9,13-14,19H,1-3,6-7,10-12H2. The SMILES string of the molecule is OC(CCC1CCCCC1)Cc1nc2ccccc2o1. The fourth-order valence-electron chi connectivity index (χ4n) is 3.21. The van der Waals surface area contributed by atoms with E-state index in [1.54, 1.807) is 0 Å². The van der Waals surface area contributed by atoms with Crippen molar-refractivity contribution in [1.29, 1.82) is 0 Å². The van der Waals surface area contributed by atoms with Crippen LogP contribution >= 0.6 is 0 Å². The Kier molecular flexibility index (Phi) is 4.36. The van der Waals surface area contributed by atoms with E-state index in [0.717, 1.165) is 29.9 Å². The Morgan fingerprint density at radius 1 is 1.20 bits per heavy atom. The highest BCUT2D eigenvalue weighted by atomic mass is 16.4. The van der Waals surface area contributed by atoms with Crippen molar-refractivity contribution in [2.75, 3.05) is 0 Å². The van der Waals surface area contributed by atoms with E-state index in [1.165, 1.54) is 32.1 Å². The van der Waals surface area contributed by atoms with Gasteiger partial charge in [0.1, 0.15) is 5.52 Å². The first-order valence-electron chi connectivity index (χ1n) is 7.84. The van der Waals surface area contributed by atoms with Crippen LogP contribution in [-0.2, 0) is 6.42 Å². The van der Waals surface area contributed by atoms with Crippen molar-refractivity contribution in [3.8, 4) is 0 Å². The molecule has 0 saturated heterocycles. The van der Waals surface area contributed by atoms with Gasteiger partial charge in [-0.25, -0.2) is 4.98 Å². The number of oxazole rings is 1. The molecule has 1 aromatic carbocycles. The van der Waals surface area contributed by atoms with Gasteiger partial charge in [0.15, 0.2) is 11.5 Å². The van der Waals surface area contributed by atoms with Crippen LogP contribution in [0.5, 0.6) is 0 Å². The van der Waals surface area contributed by atoms with Crippen LogP contribution in [0.3, 0.4) is 0 Å². The predicted octanol–water partition coefficient (Wildman–Crippen LogP) is 4.09. The van der Waals surface area contributed by atoms with Gasteiger partial charge in [-0.2, -0.15) is 0 Å². The Balaban J connectivity index is 1.51. The number of rotatable bonds is 5. The van der Waals surface area contributed by atoms with E-state index in [4.69, 9.17) is 4.42 Å². The molecular weight excluding hydrogens is 250 g/mol. The highest BCUT2D eigenvalue weighted by Gasteiger charge is 2.17. The molecule has 3 rings (SSSR count). The molecule has 108 valence electrons. The first kappa shape index (κ1) is 13.6. The molecule has 1 N–H and O–H groups in total. The van der Waals surface area contributed by atoms with Crippen LogP contribution in [-0.4, -0.2) is 16.2 Å². The Labute approximate surface area is 120 Å². The fourth-order valence-corrected chi connectivity index (χ4v) is 3.21. The zero-order chi connectivity index (χ0) is 13.8. The zero-order valence-corrected chi connectivity index (χ0v) is 11.9. The molecule has 0 aliphatic heterocycles. The summed E-state index contributed by atoms with van der Waals surface area (Å²) in [5, 5.41) is 10.2. The Bertz CT molecular complexity index is 510. The summed E-state index contributed by atoms with van der Waals surface area (Å²) in [6, 6.07) is 7.75. The van der Waals surface area contributed by atoms with Gasteiger partial charge in [0, 0.05) is 0 Å². The lowest BCUT2D eigenvalue weighted by Crippen LogP contribution is -2.14. The van der Waals surface area contributed by atoms with Crippen LogP contribution < -0.4 is 0 Å². The average Bonchev–Trinajstić information content (AvgIpc) is 2.88. The van der Waals surface area contributed by atoms with Crippen molar-refractivity contribution in [3.63, 3.8) is 0 Å². The molecule has 1 heterocycles. The van der Waals surface area contributed by atoms with E-state index >= 15 is 0 Å². The first-order valence-corrected chi connectivity index (χ1v) is 7.84. The maximum atomic E-state index is 10.2. The average molecular weight is 273 g/mol. The van der Waals surface area contributed by atoms with Gasteiger partial charge in [-0.15, -0.1) is 0 Å².